The molecule has 0 fully saturated rings. The average molecular weight is 363 g/mol. The van der Waals surface area contributed by atoms with E-state index in [-0.39, 0.29) is 24.3 Å². The van der Waals surface area contributed by atoms with Crippen molar-refractivity contribution in [2.75, 3.05) is 33.9 Å². The Kier molecular flexibility index (Phi) is 6.85. The number of ether oxygens (including phenoxy) is 2. The monoisotopic (exact) mass is 363 g/mol. The van der Waals surface area contributed by atoms with Gasteiger partial charge in [-0.05, 0) is 42.0 Å². The molecule has 1 aliphatic rings. The van der Waals surface area contributed by atoms with E-state index in [1.54, 1.807) is 19.1 Å². The molecule has 144 valence electrons. The maximum atomic E-state index is 12.5. The molecule has 0 spiro atoms. The zero-order valence-corrected chi connectivity index (χ0v) is 16.0. The molecule has 0 saturated carbocycles. The molecule has 1 atom stereocenters. The van der Waals surface area contributed by atoms with Crippen LogP contribution >= 0.6 is 0 Å². The van der Waals surface area contributed by atoms with Crippen LogP contribution < -0.4 is 20.5 Å². The van der Waals surface area contributed by atoms with Crippen molar-refractivity contribution in [3.05, 3.63) is 23.3 Å². The fourth-order valence-electron chi connectivity index (χ4n) is 3.00. The van der Waals surface area contributed by atoms with Crippen molar-refractivity contribution in [1.82, 2.24) is 10.2 Å². The number of carbonyl (C=O) groups is 2. The number of benzene rings is 1. The predicted octanol–water partition coefficient (Wildman–Crippen LogP) is 0.731. The van der Waals surface area contributed by atoms with Crippen molar-refractivity contribution in [2.24, 2.45) is 11.7 Å². The van der Waals surface area contributed by atoms with Crippen LogP contribution in [0, 0.1) is 5.92 Å². The van der Waals surface area contributed by atoms with Crippen LogP contribution in [0.1, 0.15) is 25.0 Å². The van der Waals surface area contributed by atoms with Gasteiger partial charge in [0.05, 0.1) is 26.8 Å². The number of nitrogens with zero attached hydrogens (tertiary/aromatic N) is 1. The topological polar surface area (TPSA) is 93.9 Å². The van der Waals surface area contributed by atoms with Crippen molar-refractivity contribution < 1.29 is 19.1 Å². The van der Waals surface area contributed by atoms with Gasteiger partial charge in [0.15, 0.2) is 11.5 Å². The van der Waals surface area contributed by atoms with E-state index in [1.807, 2.05) is 26.0 Å². The number of rotatable bonds is 6. The Morgan fingerprint density at radius 2 is 1.62 bits per heavy atom. The lowest BCUT2D eigenvalue weighted by molar-refractivity contribution is -0.133. The van der Waals surface area contributed by atoms with Crippen molar-refractivity contribution in [3.8, 4) is 11.5 Å². The third-order valence-electron chi connectivity index (χ3n) is 4.80. The van der Waals surface area contributed by atoms with E-state index in [9.17, 15) is 9.59 Å². The van der Waals surface area contributed by atoms with Crippen LogP contribution in [0.15, 0.2) is 12.1 Å². The van der Waals surface area contributed by atoms with Gasteiger partial charge in [-0.25, -0.2) is 0 Å². The summed E-state index contributed by atoms with van der Waals surface area (Å²) in [4.78, 5) is 26.2. The quantitative estimate of drug-likeness (QED) is 0.777. The summed E-state index contributed by atoms with van der Waals surface area (Å²) in [6.45, 7) is 4.93. The summed E-state index contributed by atoms with van der Waals surface area (Å²) < 4.78 is 10.7. The standard InChI is InChI=1S/C19H29N3O4/c1-12(2)18(20)19(24)21-11-17(23)22-7-5-13-9-15(25-3)16(26-4)10-14(13)6-8-22/h9-10,12,18H,5-8,11,20H2,1-4H3,(H,21,24)/t18-/m0/s1. The first-order valence-electron chi connectivity index (χ1n) is 8.92. The Balaban J connectivity index is 1.98. The fourth-order valence-corrected chi connectivity index (χ4v) is 3.00. The van der Waals surface area contributed by atoms with Crippen LogP contribution in [0.3, 0.4) is 0 Å². The molecule has 2 amide bonds. The molecule has 3 N–H and O–H groups in total. The molecule has 2 rings (SSSR count). The number of nitrogens with two attached hydrogens (primary N) is 1. The fraction of sp³-hybridized carbons (Fsp3) is 0.579. The van der Waals surface area contributed by atoms with Crippen molar-refractivity contribution >= 4 is 11.8 Å². The molecule has 1 heterocycles. The predicted molar refractivity (Wildman–Crippen MR) is 99.4 cm³/mol. The highest BCUT2D eigenvalue weighted by atomic mass is 16.5. The molecule has 0 radical (unpaired) electrons. The van der Waals surface area contributed by atoms with E-state index >= 15 is 0 Å². The van der Waals surface area contributed by atoms with Crippen LogP contribution in [0.2, 0.25) is 0 Å². The lowest BCUT2D eigenvalue weighted by Gasteiger charge is -2.21. The average Bonchev–Trinajstić information content (AvgIpc) is 2.85. The van der Waals surface area contributed by atoms with Gasteiger partial charge in [0.2, 0.25) is 11.8 Å². The van der Waals surface area contributed by atoms with Crippen LogP contribution in [0.4, 0.5) is 0 Å². The molecule has 1 aliphatic heterocycles. The Morgan fingerprint density at radius 3 is 2.04 bits per heavy atom. The molecule has 0 unspecified atom stereocenters. The van der Waals surface area contributed by atoms with Crippen LogP contribution in [-0.4, -0.2) is 56.6 Å². The van der Waals surface area contributed by atoms with Crippen LogP contribution in [-0.2, 0) is 22.4 Å². The van der Waals surface area contributed by atoms with E-state index in [0.717, 1.165) is 24.0 Å². The SMILES string of the molecule is COc1cc2c(cc1OC)CCN(C(=O)CNC(=O)[C@@H](N)C(C)C)CC2. The van der Waals surface area contributed by atoms with E-state index in [1.165, 1.54) is 0 Å². The normalized spacial score (nSPS) is 15.1. The number of methoxy groups -OCH3 is 2. The third-order valence-corrected chi connectivity index (χ3v) is 4.80. The maximum Gasteiger partial charge on any atom is 0.241 e. The van der Waals surface area contributed by atoms with Gasteiger partial charge >= 0.3 is 0 Å². The van der Waals surface area contributed by atoms with E-state index in [4.69, 9.17) is 15.2 Å². The minimum Gasteiger partial charge on any atom is -0.493 e. The molecule has 0 aromatic heterocycles. The molecule has 0 saturated heterocycles. The van der Waals surface area contributed by atoms with Crippen molar-refractivity contribution in [1.29, 1.82) is 0 Å². The number of hydrogen-bond acceptors (Lipinski definition) is 5. The second-order valence-corrected chi connectivity index (χ2v) is 6.84. The zero-order chi connectivity index (χ0) is 19.3. The highest BCUT2D eigenvalue weighted by Gasteiger charge is 2.22. The van der Waals surface area contributed by atoms with Crippen LogP contribution in [0.25, 0.3) is 0 Å². The van der Waals surface area contributed by atoms with Crippen LogP contribution in [0.5, 0.6) is 11.5 Å². The number of fused-ring (bicyclic) bond motifs is 1. The second kappa shape index (κ2) is 8.89. The first kappa shape index (κ1) is 20.0. The number of nitrogens with one attached hydrogen (secondary N) is 1. The van der Waals surface area contributed by atoms with Gasteiger partial charge in [0.25, 0.3) is 0 Å². The maximum absolute atomic E-state index is 12.5. The Hall–Kier alpha value is -2.28. The van der Waals surface area contributed by atoms with E-state index in [2.05, 4.69) is 5.32 Å². The summed E-state index contributed by atoms with van der Waals surface area (Å²) in [6, 6.07) is 3.35. The van der Waals surface area contributed by atoms with Crippen molar-refractivity contribution in [2.45, 2.75) is 32.7 Å². The van der Waals surface area contributed by atoms with Gasteiger partial charge in [-0.15, -0.1) is 0 Å². The molecule has 0 bridgehead atoms. The molecular weight excluding hydrogens is 334 g/mol. The summed E-state index contributed by atoms with van der Waals surface area (Å²) in [7, 11) is 3.22. The number of amides is 2. The Morgan fingerprint density at radius 1 is 1.12 bits per heavy atom. The molecular formula is C19H29N3O4. The van der Waals surface area contributed by atoms with E-state index < -0.39 is 6.04 Å². The summed E-state index contributed by atoms with van der Waals surface area (Å²) in [6.07, 6.45) is 1.47. The minimum absolute atomic E-state index is 0.0256. The highest BCUT2D eigenvalue weighted by molar-refractivity contribution is 5.87. The molecule has 26 heavy (non-hydrogen) atoms. The number of carbonyl (C=O) groups excluding carboxylic acids is 2. The first-order chi connectivity index (χ1) is 12.4. The summed E-state index contributed by atoms with van der Waals surface area (Å²) >= 11 is 0. The number of hydrogen-bond donors (Lipinski definition) is 2. The molecule has 1 aromatic carbocycles. The molecule has 0 aliphatic carbocycles. The molecule has 1 aromatic rings. The Bertz CT molecular complexity index is 625. The summed E-state index contributed by atoms with van der Waals surface area (Å²) in [5.41, 5.74) is 8.11. The minimum atomic E-state index is -0.601. The van der Waals surface area contributed by atoms with Gasteiger partial charge < -0.3 is 25.4 Å². The van der Waals surface area contributed by atoms with Gasteiger partial charge in [-0.3, -0.25) is 9.59 Å². The smallest absolute Gasteiger partial charge is 0.241 e. The summed E-state index contributed by atoms with van der Waals surface area (Å²) in [5.74, 6) is 1.03. The largest absolute Gasteiger partial charge is 0.493 e. The molecule has 7 nitrogen and oxygen atoms in total. The molecule has 7 heteroatoms. The zero-order valence-electron chi connectivity index (χ0n) is 16.0. The first-order valence-corrected chi connectivity index (χ1v) is 8.92. The van der Waals surface area contributed by atoms with E-state index in [0.29, 0.717) is 24.6 Å². The lowest BCUT2D eigenvalue weighted by atomic mass is 10.0. The second-order valence-electron chi connectivity index (χ2n) is 6.84. The third kappa shape index (κ3) is 4.66. The highest BCUT2D eigenvalue weighted by Crippen LogP contribution is 2.32. The van der Waals surface area contributed by atoms with Gasteiger partial charge in [0, 0.05) is 13.1 Å². The van der Waals surface area contributed by atoms with Gasteiger partial charge in [-0.2, -0.15) is 0 Å². The Labute approximate surface area is 154 Å². The van der Waals surface area contributed by atoms with Gasteiger partial charge in [0.1, 0.15) is 0 Å². The summed E-state index contributed by atoms with van der Waals surface area (Å²) in [5, 5.41) is 2.64. The van der Waals surface area contributed by atoms with Gasteiger partial charge in [-0.1, -0.05) is 13.8 Å². The van der Waals surface area contributed by atoms with Crippen molar-refractivity contribution in [3.63, 3.8) is 0 Å². The lowest BCUT2D eigenvalue weighted by Crippen LogP contribution is -2.48.